The minimum atomic E-state index is -3.16. The largest absolute Gasteiger partial charge is 0.340 e. The van der Waals surface area contributed by atoms with Gasteiger partial charge in [0, 0.05) is 36.2 Å². The fraction of sp³-hybridized carbons (Fsp3) is 0.269. The molecule has 0 spiro atoms. The first-order valence-electron chi connectivity index (χ1n) is 11.7. The highest BCUT2D eigenvalue weighted by Gasteiger charge is 2.25. The van der Waals surface area contributed by atoms with Crippen LogP contribution in [0.5, 0.6) is 0 Å². The molecule has 5 rings (SSSR count). The van der Waals surface area contributed by atoms with Gasteiger partial charge in [0.25, 0.3) is 5.56 Å². The molecule has 0 radical (unpaired) electrons. The molecule has 4 heterocycles. The zero-order chi connectivity index (χ0) is 25.4. The second-order valence-electron chi connectivity index (χ2n) is 9.08. The van der Waals surface area contributed by atoms with Crippen molar-refractivity contribution in [3.8, 4) is 11.3 Å². The quantitative estimate of drug-likeness (QED) is 0.390. The number of fused-ring (bicyclic) bond motifs is 1. The molecule has 3 aromatic heterocycles. The normalized spacial score (nSPS) is 15.3. The maximum absolute atomic E-state index is 13.6. The third-order valence-electron chi connectivity index (χ3n) is 6.65. The van der Waals surface area contributed by atoms with Gasteiger partial charge in [-0.25, -0.2) is 22.7 Å². The van der Waals surface area contributed by atoms with Crippen LogP contribution in [0.15, 0.2) is 59.5 Å². The number of nitrogens with zero attached hydrogens (tertiary/aromatic N) is 3. The van der Waals surface area contributed by atoms with Gasteiger partial charge < -0.3 is 10.3 Å². The number of aryl methyl sites for hydroxylation is 1. The molecule has 186 valence electrons. The van der Waals surface area contributed by atoms with Gasteiger partial charge in [-0.15, -0.1) is 0 Å². The van der Waals surface area contributed by atoms with Gasteiger partial charge in [0.05, 0.1) is 17.3 Å². The number of aromatic amines is 1. The first-order chi connectivity index (χ1) is 17.2. The van der Waals surface area contributed by atoms with Crippen LogP contribution in [0.4, 0.5) is 15.9 Å². The number of pyridine rings is 3. The van der Waals surface area contributed by atoms with Crippen LogP contribution >= 0.6 is 0 Å². The topological polar surface area (TPSA) is 108 Å². The highest BCUT2D eigenvalue weighted by molar-refractivity contribution is 7.88. The van der Waals surface area contributed by atoms with Gasteiger partial charge >= 0.3 is 0 Å². The summed E-state index contributed by atoms with van der Waals surface area (Å²) in [7, 11) is -3.16. The van der Waals surface area contributed by atoms with E-state index in [2.05, 4.69) is 15.3 Å². The lowest BCUT2D eigenvalue weighted by Gasteiger charge is -2.30. The Morgan fingerprint density at radius 2 is 1.78 bits per heavy atom. The summed E-state index contributed by atoms with van der Waals surface area (Å²) in [6.45, 7) is 2.76. The summed E-state index contributed by atoms with van der Waals surface area (Å²) in [4.78, 5) is 24.0. The summed E-state index contributed by atoms with van der Waals surface area (Å²) in [6, 6.07) is 14.4. The molecule has 0 aliphatic carbocycles. The van der Waals surface area contributed by atoms with E-state index in [1.807, 2.05) is 24.3 Å². The van der Waals surface area contributed by atoms with Gasteiger partial charge in [0.15, 0.2) is 0 Å². The number of H-pyrrole nitrogens is 1. The smallest absolute Gasteiger partial charge is 0.259 e. The van der Waals surface area contributed by atoms with E-state index in [4.69, 9.17) is 4.98 Å². The zero-order valence-corrected chi connectivity index (χ0v) is 20.8. The maximum atomic E-state index is 13.6. The number of piperidine rings is 1. The number of aromatic nitrogens is 3. The Balaban J connectivity index is 1.44. The van der Waals surface area contributed by atoms with Gasteiger partial charge in [-0.2, -0.15) is 4.39 Å². The molecule has 2 N–H and O–H groups in total. The number of benzene rings is 1. The summed E-state index contributed by atoms with van der Waals surface area (Å²) >= 11 is 0. The summed E-state index contributed by atoms with van der Waals surface area (Å²) in [6.07, 6.45) is 4.38. The number of hydrogen-bond acceptors (Lipinski definition) is 6. The molecule has 10 heteroatoms. The van der Waals surface area contributed by atoms with Crippen molar-refractivity contribution in [2.45, 2.75) is 25.7 Å². The second kappa shape index (κ2) is 9.44. The van der Waals surface area contributed by atoms with E-state index in [-0.39, 0.29) is 11.5 Å². The average molecular weight is 508 g/mol. The average Bonchev–Trinajstić information content (AvgIpc) is 2.84. The number of hydrogen-bond donors (Lipinski definition) is 2. The van der Waals surface area contributed by atoms with Crippen LogP contribution in [0.3, 0.4) is 0 Å². The Bertz CT molecular complexity index is 1590. The third kappa shape index (κ3) is 4.87. The molecule has 8 nitrogen and oxygen atoms in total. The van der Waals surface area contributed by atoms with Crippen LogP contribution in [-0.2, 0) is 10.0 Å². The molecule has 1 fully saturated rings. The fourth-order valence-corrected chi connectivity index (χ4v) is 5.61. The highest BCUT2D eigenvalue weighted by atomic mass is 32.2. The van der Waals surface area contributed by atoms with E-state index in [1.54, 1.807) is 31.3 Å². The number of anilines is 2. The minimum absolute atomic E-state index is 0.266. The highest BCUT2D eigenvalue weighted by Crippen LogP contribution is 2.32. The van der Waals surface area contributed by atoms with Gasteiger partial charge in [-0.05, 0) is 73.0 Å². The van der Waals surface area contributed by atoms with Crippen LogP contribution in [0, 0.1) is 12.9 Å². The van der Waals surface area contributed by atoms with E-state index in [1.165, 1.54) is 16.6 Å². The number of halogens is 1. The van der Waals surface area contributed by atoms with Crippen LogP contribution in [0.1, 0.15) is 30.0 Å². The predicted molar refractivity (Wildman–Crippen MR) is 138 cm³/mol. The van der Waals surface area contributed by atoms with E-state index in [9.17, 15) is 17.6 Å². The van der Waals surface area contributed by atoms with Crippen molar-refractivity contribution in [2.24, 2.45) is 0 Å². The molecular weight excluding hydrogens is 481 g/mol. The molecule has 0 bridgehead atoms. The van der Waals surface area contributed by atoms with Gasteiger partial charge in [-0.1, -0.05) is 12.1 Å². The fourth-order valence-electron chi connectivity index (χ4n) is 4.74. The van der Waals surface area contributed by atoms with Crippen molar-refractivity contribution >= 4 is 32.3 Å². The van der Waals surface area contributed by atoms with E-state index in [0.717, 1.165) is 24.1 Å². The molecule has 4 aromatic rings. The molecular formula is C26H26FN5O3S. The lowest BCUT2D eigenvalue weighted by Crippen LogP contribution is -2.37. The van der Waals surface area contributed by atoms with Gasteiger partial charge in [0.1, 0.15) is 5.82 Å². The standard InChI is InChI=1S/C26H26FN5O3S/c1-16-21(7-8-23(27)29-16)22-15-19-9-12-28-26(33)24(19)25(31-22)30-20-5-3-17(4-6-20)18-10-13-32(14-11-18)36(2,34)35/h3-9,12,15,18H,10-11,13-14H2,1-2H3,(H,28,33)(H,30,31). The van der Waals surface area contributed by atoms with Gasteiger partial charge in [0.2, 0.25) is 16.0 Å². The first-order valence-corrected chi connectivity index (χ1v) is 13.5. The molecule has 1 aliphatic rings. The Kier molecular flexibility index (Phi) is 6.31. The van der Waals surface area contributed by atoms with Crippen LogP contribution in [0.25, 0.3) is 22.0 Å². The van der Waals surface area contributed by atoms with Crippen molar-refractivity contribution in [3.63, 3.8) is 0 Å². The maximum Gasteiger partial charge on any atom is 0.259 e. The van der Waals surface area contributed by atoms with Gasteiger partial charge in [-0.3, -0.25) is 4.79 Å². The second-order valence-corrected chi connectivity index (χ2v) is 11.1. The predicted octanol–water partition coefficient (Wildman–Crippen LogP) is 4.32. The summed E-state index contributed by atoms with van der Waals surface area (Å²) < 4.78 is 38.6. The lowest BCUT2D eigenvalue weighted by atomic mass is 9.90. The first kappa shape index (κ1) is 24.1. The van der Waals surface area contributed by atoms with Crippen molar-refractivity contribution in [3.05, 3.63) is 82.3 Å². The minimum Gasteiger partial charge on any atom is -0.340 e. The molecule has 0 saturated carbocycles. The Hall–Kier alpha value is -3.63. The molecule has 1 saturated heterocycles. The molecule has 0 atom stereocenters. The molecule has 36 heavy (non-hydrogen) atoms. The number of sulfonamides is 1. The summed E-state index contributed by atoms with van der Waals surface area (Å²) in [5.41, 5.74) is 3.40. The van der Waals surface area contributed by atoms with Crippen molar-refractivity contribution < 1.29 is 12.8 Å². The van der Waals surface area contributed by atoms with Crippen molar-refractivity contribution in [1.29, 1.82) is 0 Å². The Labute approximate surface area is 208 Å². The van der Waals surface area contributed by atoms with E-state index >= 15 is 0 Å². The van der Waals surface area contributed by atoms with Crippen molar-refractivity contribution in [2.75, 3.05) is 24.7 Å². The summed E-state index contributed by atoms with van der Waals surface area (Å²) in [5, 5.41) is 4.39. The Morgan fingerprint density at radius 1 is 1.06 bits per heavy atom. The molecule has 1 aliphatic heterocycles. The van der Waals surface area contributed by atoms with Crippen LogP contribution in [0.2, 0.25) is 0 Å². The molecule has 0 amide bonds. The van der Waals surface area contributed by atoms with E-state index in [0.29, 0.717) is 46.6 Å². The number of nitrogens with one attached hydrogen (secondary N) is 2. The van der Waals surface area contributed by atoms with Crippen molar-refractivity contribution in [1.82, 2.24) is 19.3 Å². The van der Waals surface area contributed by atoms with Crippen LogP contribution in [-0.4, -0.2) is 47.0 Å². The van der Waals surface area contributed by atoms with E-state index < -0.39 is 16.0 Å². The monoisotopic (exact) mass is 507 g/mol. The lowest BCUT2D eigenvalue weighted by molar-refractivity contribution is 0.321. The Morgan fingerprint density at radius 3 is 2.44 bits per heavy atom. The SMILES string of the molecule is Cc1nc(F)ccc1-c1cc2cc[nH]c(=O)c2c(Nc2ccc(C3CCN(S(C)(=O)=O)CC3)cc2)n1. The molecule has 0 unspecified atom stereocenters. The molecule has 1 aromatic carbocycles. The summed E-state index contributed by atoms with van der Waals surface area (Å²) in [5.74, 6) is 0.118. The third-order valence-corrected chi connectivity index (χ3v) is 7.95. The van der Waals surface area contributed by atoms with Crippen LogP contribution < -0.4 is 10.9 Å². The number of rotatable bonds is 5. The zero-order valence-electron chi connectivity index (χ0n) is 20.0.